The summed E-state index contributed by atoms with van der Waals surface area (Å²) in [4.78, 5) is 28.5. The molecule has 34 heavy (non-hydrogen) atoms. The Labute approximate surface area is 204 Å². The van der Waals surface area contributed by atoms with E-state index in [0.29, 0.717) is 35.7 Å². The highest BCUT2D eigenvalue weighted by atomic mass is 32.2. The van der Waals surface area contributed by atoms with E-state index in [-0.39, 0.29) is 29.5 Å². The van der Waals surface area contributed by atoms with Crippen molar-refractivity contribution in [3.05, 3.63) is 23.9 Å². The van der Waals surface area contributed by atoms with E-state index in [4.69, 9.17) is 9.94 Å². The summed E-state index contributed by atoms with van der Waals surface area (Å²) in [6, 6.07) is 4.87. The lowest BCUT2D eigenvalue weighted by atomic mass is 9.96. The number of anilines is 1. The number of nitrogens with zero attached hydrogens (tertiary/aromatic N) is 1. The summed E-state index contributed by atoms with van der Waals surface area (Å²) in [5.41, 5.74) is 2.30. The maximum Gasteiger partial charge on any atom is 0.244 e. The fourth-order valence-electron chi connectivity index (χ4n) is 2.96. The predicted molar refractivity (Wildman–Crippen MR) is 131 cm³/mol. The summed E-state index contributed by atoms with van der Waals surface area (Å²) < 4.78 is 33.8. The largest absolute Gasteiger partial charge is 0.495 e. The SMILES string of the molecule is COc1ccc(-c2sc(NC(=O)C(C)(C)C)nc2C)cc1S(=O)(=O)NCCCCCC(=O)NO. The predicted octanol–water partition coefficient (Wildman–Crippen LogP) is 3.46. The number of sulfonamides is 1. The van der Waals surface area contributed by atoms with E-state index in [9.17, 15) is 18.0 Å². The van der Waals surface area contributed by atoms with Crippen molar-refractivity contribution in [1.29, 1.82) is 0 Å². The number of hydroxylamine groups is 1. The van der Waals surface area contributed by atoms with Crippen LogP contribution in [-0.4, -0.2) is 44.1 Å². The maximum atomic E-state index is 13.0. The molecule has 0 aliphatic rings. The van der Waals surface area contributed by atoms with Gasteiger partial charge in [0, 0.05) is 18.4 Å². The molecular formula is C22H32N4O6S2. The minimum atomic E-state index is -3.87. The highest BCUT2D eigenvalue weighted by Crippen LogP contribution is 2.36. The number of rotatable bonds is 11. The van der Waals surface area contributed by atoms with Crippen LogP contribution in [0, 0.1) is 12.3 Å². The molecule has 0 aliphatic carbocycles. The van der Waals surface area contributed by atoms with E-state index >= 15 is 0 Å². The average Bonchev–Trinajstić information content (AvgIpc) is 3.14. The first-order chi connectivity index (χ1) is 15.9. The normalized spacial score (nSPS) is 11.8. The van der Waals surface area contributed by atoms with Crippen LogP contribution >= 0.6 is 11.3 Å². The van der Waals surface area contributed by atoms with Gasteiger partial charge in [-0.1, -0.05) is 38.5 Å². The summed E-state index contributed by atoms with van der Waals surface area (Å²) >= 11 is 1.27. The fourth-order valence-corrected chi connectivity index (χ4v) is 5.18. The van der Waals surface area contributed by atoms with Gasteiger partial charge in [0.05, 0.1) is 17.7 Å². The second-order valence-corrected chi connectivity index (χ2v) is 11.5. The highest BCUT2D eigenvalue weighted by molar-refractivity contribution is 7.89. The minimum absolute atomic E-state index is 0.000218. The van der Waals surface area contributed by atoms with Crippen molar-refractivity contribution in [2.24, 2.45) is 5.41 Å². The van der Waals surface area contributed by atoms with Crippen LogP contribution in [0.5, 0.6) is 5.75 Å². The fraction of sp³-hybridized carbons (Fsp3) is 0.500. The lowest BCUT2D eigenvalue weighted by Crippen LogP contribution is -2.27. The Balaban J connectivity index is 2.18. The summed E-state index contributed by atoms with van der Waals surface area (Å²) in [6.45, 7) is 7.42. The molecule has 0 bridgehead atoms. The van der Waals surface area contributed by atoms with Gasteiger partial charge in [-0.05, 0) is 43.5 Å². The van der Waals surface area contributed by atoms with E-state index in [2.05, 4.69) is 15.0 Å². The van der Waals surface area contributed by atoms with Gasteiger partial charge in [-0.2, -0.15) is 0 Å². The zero-order chi connectivity index (χ0) is 25.5. The van der Waals surface area contributed by atoms with E-state index in [1.807, 2.05) is 20.8 Å². The van der Waals surface area contributed by atoms with Crippen LogP contribution in [0.15, 0.2) is 23.1 Å². The molecule has 0 radical (unpaired) electrons. The molecule has 1 aromatic heterocycles. The first-order valence-corrected chi connectivity index (χ1v) is 13.1. The first kappa shape index (κ1) is 27.7. The van der Waals surface area contributed by atoms with Gasteiger partial charge in [0.1, 0.15) is 10.6 Å². The number of ether oxygens (including phenoxy) is 1. The number of carbonyl (C=O) groups excluding carboxylic acids is 2. The molecule has 0 atom stereocenters. The Hall–Kier alpha value is -2.54. The van der Waals surface area contributed by atoms with E-state index < -0.39 is 21.3 Å². The summed E-state index contributed by atoms with van der Waals surface area (Å²) in [6.07, 6.45) is 1.86. The minimum Gasteiger partial charge on any atom is -0.495 e. The number of carbonyl (C=O) groups is 2. The van der Waals surface area contributed by atoms with Crippen molar-refractivity contribution in [2.45, 2.75) is 58.3 Å². The zero-order valence-corrected chi connectivity index (χ0v) is 21.7. The van der Waals surface area contributed by atoms with Gasteiger partial charge in [0.2, 0.25) is 21.8 Å². The lowest BCUT2D eigenvalue weighted by Gasteiger charge is -2.15. The summed E-state index contributed by atoms with van der Waals surface area (Å²) in [5.74, 6) is -0.423. The molecule has 2 aromatic rings. The number of unbranched alkanes of at least 4 members (excludes halogenated alkanes) is 2. The molecule has 1 aromatic carbocycles. The summed E-state index contributed by atoms with van der Waals surface area (Å²) in [7, 11) is -2.46. The molecule has 12 heteroatoms. The lowest BCUT2D eigenvalue weighted by molar-refractivity contribution is -0.129. The molecule has 0 aliphatic heterocycles. The summed E-state index contributed by atoms with van der Waals surface area (Å²) in [5, 5.41) is 11.7. The smallest absolute Gasteiger partial charge is 0.244 e. The molecule has 0 saturated carbocycles. The topological polar surface area (TPSA) is 147 Å². The number of thiazole rings is 1. The first-order valence-electron chi connectivity index (χ1n) is 10.8. The molecule has 2 rings (SSSR count). The van der Waals surface area contributed by atoms with Crippen LogP contribution in [0.25, 0.3) is 10.4 Å². The van der Waals surface area contributed by atoms with Crippen molar-refractivity contribution in [3.63, 3.8) is 0 Å². The van der Waals surface area contributed by atoms with Gasteiger partial charge in [0.15, 0.2) is 5.13 Å². The van der Waals surface area contributed by atoms with E-state index in [1.165, 1.54) is 24.5 Å². The molecular weight excluding hydrogens is 480 g/mol. The average molecular weight is 513 g/mol. The van der Waals surface area contributed by atoms with Crippen LogP contribution in [0.3, 0.4) is 0 Å². The van der Waals surface area contributed by atoms with Gasteiger partial charge in [0.25, 0.3) is 0 Å². The molecule has 0 fully saturated rings. The molecule has 188 valence electrons. The second-order valence-electron chi connectivity index (χ2n) is 8.75. The molecule has 4 N–H and O–H groups in total. The van der Waals surface area contributed by atoms with Crippen molar-refractivity contribution < 1.29 is 28.0 Å². The number of aryl methyl sites for hydroxylation is 1. The molecule has 0 saturated heterocycles. The molecule has 0 spiro atoms. The Bertz CT molecular complexity index is 1120. The van der Waals surface area contributed by atoms with Crippen molar-refractivity contribution >= 4 is 38.3 Å². The second kappa shape index (κ2) is 11.7. The Morgan fingerprint density at radius 1 is 1.18 bits per heavy atom. The van der Waals surface area contributed by atoms with Crippen LogP contribution in [-0.2, 0) is 19.6 Å². The monoisotopic (exact) mass is 512 g/mol. The van der Waals surface area contributed by atoms with Crippen LogP contribution in [0.1, 0.15) is 52.1 Å². The molecule has 10 nitrogen and oxygen atoms in total. The third-order valence-electron chi connectivity index (χ3n) is 4.91. The number of hydrogen-bond donors (Lipinski definition) is 4. The Kier molecular flexibility index (Phi) is 9.56. The van der Waals surface area contributed by atoms with Gasteiger partial charge in [-0.15, -0.1) is 0 Å². The van der Waals surface area contributed by atoms with Crippen molar-refractivity contribution in [1.82, 2.24) is 15.2 Å². The third-order valence-corrected chi connectivity index (χ3v) is 7.52. The van der Waals surface area contributed by atoms with Gasteiger partial charge >= 0.3 is 0 Å². The number of hydrogen-bond acceptors (Lipinski definition) is 8. The number of benzene rings is 1. The van der Waals surface area contributed by atoms with Crippen LogP contribution in [0.2, 0.25) is 0 Å². The van der Waals surface area contributed by atoms with Crippen LogP contribution in [0.4, 0.5) is 5.13 Å². The highest BCUT2D eigenvalue weighted by Gasteiger charge is 2.24. The van der Waals surface area contributed by atoms with Crippen molar-refractivity contribution in [2.75, 3.05) is 19.0 Å². The molecule has 0 unspecified atom stereocenters. The quantitative estimate of drug-likeness (QED) is 0.205. The molecule has 1 heterocycles. The Morgan fingerprint density at radius 2 is 1.88 bits per heavy atom. The van der Waals surface area contributed by atoms with E-state index in [1.54, 1.807) is 24.5 Å². The maximum absolute atomic E-state index is 13.0. The van der Waals surface area contributed by atoms with Crippen LogP contribution < -0.4 is 20.3 Å². The Morgan fingerprint density at radius 3 is 2.50 bits per heavy atom. The van der Waals surface area contributed by atoms with Gasteiger partial charge < -0.3 is 10.1 Å². The van der Waals surface area contributed by atoms with Gasteiger partial charge in [-0.3, -0.25) is 14.8 Å². The van der Waals surface area contributed by atoms with Gasteiger partial charge in [-0.25, -0.2) is 23.6 Å². The number of amides is 2. The number of nitrogens with one attached hydrogen (secondary N) is 3. The molecule has 2 amide bonds. The standard InChI is InChI=1S/C22H32N4O6S2/c1-14-19(33-21(24-14)25-20(28)22(2,3)4)15-10-11-16(32-5)17(13-15)34(30,31)23-12-8-6-7-9-18(27)26-29/h10-11,13,23,29H,6-9,12H2,1-5H3,(H,26,27)(H,24,25,28). The van der Waals surface area contributed by atoms with E-state index in [0.717, 1.165) is 4.88 Å². The third kappa shape index (κ3) is 7.49. The number of aromatic nitrogens is 1. The van der Waals surface area contributed by atoms with Crippen molar-refractivity contribution in [3.8, 4) is 16.2 Å². The zero-order valence-electron chi connectivity index (χ0n) is 20.0. The number of methoxy groups -OCH3 is 1.